The van der Waals surface area contributed by atoms with Gasteiger partial charge in [0.05, 0.1) is 17.9 Å². The average molecular weight is 434 g/mol. The molecular weight excluding hydrogens is 406 g/mol. The van der Waals surface area contributed by atoms with Crippen molar-refractivity contribution in [2.45, 2.75) is 44.4 Å². The molecule has 7 heteroatoms. The summed E-state index contributed by atoms with van der Waals surface area (Å²) in [6, 6.07) is 14.6. The Hall–Kier alpha value is -3.03. The van der Waals surface area contributed by atoms with Crippen LogP contribution in [0.3, 0.4) is 0 Å². The number of para-hydroxylation sites is 1. The molecule has 0 bridgehead atoms. The molecule has 166 valence electrons. The lowest BCUT2D eigenvalue weighted by Gasteiger charge is -2.30. The van der Waals surface area contributed by atoms with Crippen LogP contribution in [0.4, 0.5) is 5.69 Å². The molecule has 2 saturated heterocycles. The van der Waals surface area contributed by atoms with Crippen molar-refractivity contribution in [3.8, 4) is 0 Å². The van der Waals surface area contributed by atoms with E-state index in [4.69, 9.17) is 0 Å². The Morgan fingerprint density at radius 1 is 1.06 bits per heavy atom. The van der Waals surface area contributed by atoms with Gasteiger partial charge < -0.3 is 10.4 Å². The lowest BCUT2D eigenvalue weighted by Crippen LogP contribution is -2.54. The lowest BCUT2D eigenvalue weighted by molar-refractivity contribution is -0.143. The van der Waals surface area contributed by atoms with E-state index in [0.29, 0.717) is 17.7 Å². The number of rotatable bonds is 5. The summed E-state index contributed by atoms with van der Waals surface area (Å²) >= 11 is 0. The van der Waals surface area contributed by atoms with Crippen LogP contribution in [0.5, 0.6) is 0 Å². The first-order valence-electron chi connectivity index (χ1n) is 11.2. The van der Waals surface area contributed by atoms with Crippen molar-refractivity contribution in [1.82, 2.24) is 10.2 Å². The van der Waals surface area contributed by atoms with Crippen molar-refractivity contribution < 1.29 is 19.5 Å². The lowest BCUT2D eigenvalue weighted by atomic mass is 9.76. The zero-order valence-electron chi connectivity index (χ0n) is 18.2. The Bertz CT molecular complexity index is 1100. The molecule has 3 heterocycles. The molecule has 3 aliphatic rings. The molecule has 3 aliphatic heterocycles. The van der Waals surface area contributed by atoms with E-state index in [0.717, 1.165) is 17.5 Å². The van der Waals surface area contributed by atoms with E-state index < -0.39 is 29.5 Å². The molecule has 3 N–H and O–H groups in total. The summed E-state index contributed by atoms with van der Waals surface area (Å²) in [5, 5.41) is 16.7. The third kappa shape index (κ3) is 2.77. The van der Waals surface area contributed by atoms with Crippen molar-refractivity contribution in [3.63, 3.8) is 0 Å². The minimum atomic E-state index is -1.36. The fourth-order valence-electron chi connectivity index (χ4n) is 5.69. The maximum Gasteiger partial charge on any atom is 0.250 e. The Kier molecular flexibility index (Phi) is 4.91. The number of nitrogens with one attached hydrogen (secondary N) is 2. The number of anilines is 1. The van der Waals surface area contributed by atoms with Crippen molar-refractivity contribution in [2.75, 3.05) is 11.9 Å². The van der Waals surface area contributed by atoms with Gasteiger partial charge >= 0.3 is 0 Å². The maximum absolute atomic E-state index is 13.7. The van der Waals surface area contributed by atoms with Crippen molar-refractivity contribution >= 4 is 23.4 Å². The van der Waals surface area contributed by atoms with E-state index in [9.17, 15) is 19.5 Å². The van der Waals surface area contributed by atoms with Crippen LogP contribution in [0.25, 0.3) is 0 Å². The third-order valence-electron chi connectivity index (χ3n) is 7.23. The number of nitrogens with zero attached hydrogens (tertiary/aromatic N) is 1. The second kappa shape index (κ2) is 7.53. The van der Waals surface area contributed by atoms with Crippen LogP contribution in [-0.2, 0) is 32.8 Å². The van der Waals surface area contributed by atoms with Crippen LogP contribution in [0.15, 0.2) is 48.5 Å². The number of hydrogen-bond acceptors (Lipinski definition) is 5. The zero-order chi connectivity index (χ0) is 22.6. The molecule has 3 amide bonds. The van der Waals surface area contributed by atoms with Gasteiger partial charge in [0.15, 0.2) is 0 Å². The fourth-order valence-corrected chi connectivity index (χ4v) is 5.69. The van der Waals surface area contributed by atoms with Gasteiger partial charge in [-0.05, 0) is 30.9 Å². The highest BCUT2D eigenvalue weighted by atomic mass is 16.3. The van der Waals surface area contributed by atoms with Crippen LogP contribution in [-0.4, -0.2) is 46.4 Å². The van der Waals surface area contributed by atoms with Crippen molar-refractivity contribution in [1.29, 1.82) is 0 Å². The fraction of sp³-hybridized carbons (Fsp3) is 0.400. The quantitative estimate of drug-likeness (QED) is 0.622. The number of likely N-dealkylation sites (tertiary alicyclic amines) is 1. The van der Waals surface area contributed by atoms with Gasteiger partial charge in [0.25, 0.3) is 0 Å². The van der Waals surface area contributed by atoms with E-state index in [1.165, 1.54) is 4.90 Å². The number of hydrogen-bond donors (Lipinski definition) is 3. The van der Waals surface area contributed by atoms with Gasteiger partial charge in [0.1, 0.15) is 5.54 Å². The Balaban J connectivity index is 1.56. The highest BCUT2D eigenvalue weighted by Crippen LogP contribution is 2.53. The van der Waals surface area contributed by atoms with Crippen LogP contribution in [0.1, 0.15) is 30.5 Å². The van der Waals surface area contributed by atoms with Crippen molar-refractivity contribution in [3.05, 3.63) is 65.2 Å². The second-order valence-electron chi connectivity index (χ2n) is 8.93. The zero-order valence-corrected chi connectivity index (χ0v) is 18.2. The normalized spacial score (nSPS) is 29.4. The van der Waals surface area contributed by atoms with Gasteiger partial charge in [-0.15, -0.1) is 0 Å². The minimum Gasteiger partial charge on any atom is -0.392 e. The predicted octanol–water partition coefficient (Wildman–Crippen LogP) is 1.59. The molecular formula is C25H27N3O4. The van der Waals surface area contributed by atoms with Crippen molar-refractivity contribution in [2.24, 2.45) is 11.8 Å². The van der Waals surface area contributed by atoms with Crippen LogP contribution < -0.4 is 10.6 Å². The molecule has 32 heavy (non-hydrogen) atoms. The molecule has 0 unspecified atom stereocenters. The van der Waals surface area contributed by atoms with Crippen LogP contribution in [0.2, 0.25) is 0 Å². The van der Waals surface area contributed by atoms with Gasteiger partial charge in [0.2, 0.25) is 17.7 Å². The molecule has 5 rings (SSSR count). The topological polar surface area (TPSA) is 98.7 Å². The number of aliphatic hydroxyl groups is 1. The smallest absolute Gasteiger partial charge is 0.250 e. The van der Waals surface area contributed by atoms with Gasteiger partial charge in [-0.2, -0.15) is 0 Å². The van der Waals surface area contributed by atoms with Gasteiger partial charge in [-0.3, -0.25) is 24.6 Å². The summed E-state index contributed by atoms with van der Waals surface area (Å²) in [6.45, 7) is 3.85. The number of fused-ring (bicyclic) bond motifs is 4. The van der Waals surface area contributed by atoms with E-state index >= 15 is 0 Å². The predicted molar refractivity (Wildman–Crippen MR) is 119 cm³/mol. The molecule has 5 atom stereocenters. The second-order valence-corrected chi connectivity index (χ2v) is 8.93. The first-order chi connectivity index (χ1) is 15.4. The SMILES string of the molecule is CCc1cccc2c1NC(=O)[C@]21N[C@@H]([C@@H](C)O)[C@H]2C(=O)N(CCc3ccccc3)C(=O)[C@@H]21. The molecule has 0 radical (unpaired) electrons. The number of carbonyl (C=O) groups excluding carboxylic acids is 3. The van der Waals surface area contributed by atoms with E-state index in [-0.39, 0.29) is 24.3 Å². The van der Waals surface area contributed by atoms with E-state index in [2.05, 4.69) is 10.6 Å². The third-order valence-corrected chi connectivity index (χ3v) is 7.23. The molecule has 0 aliphatic carbocycles. The summed E-state index contributed by atoms with van der Waals surface area (Å²) in [5.74, 6) is -2.69. The summed E-state index contributed by atoms with van der Waals surface area (Å²) in [5.41, 5.74) is 2.04. The number of aliphatic hydroxyl groups excluding tert-OH is 1. The number of imide groups is 1. The van der Waals surface area contributed by atoms with Gasteiger partial charge in [-0.25, -0.2) is 0 Å². The number of aryl methyl sites for hydroxylation is 1. The largest absolute Gasteiger partial charge is 0.392 e. The Morgan fingerprint density at radius 2 is 1.81 bits per heavy atom. The summed E-state index contributed by atoms with van der Waals surface area (Å²) in [6.07, 6.45) is 0.364. The first-order valence-corrected chi connectivity index (χ1v) is 11.2. The van der Waals surface area contributed by atoms with Gasteiger partial charge in [-0.1, -0.05) is 55.5 Å². The molecule has 2 fully saturated rings. The molecule has 7 nitrogen and oxygen atoms in total. The molecule has 1 spiro atoms. The number of benzene rings is 2. The Labute approximate surface area is 186 Å². The number of carbonyl (C=O) groups is 3. The highest BCUT2D eigenvalue weighted by molar-refractivity contribution is 6.15. The Morgan fingerprint density at radius 3 is 2.50 bits per heavy atom. The molecule has 0 saturated carbocycles. The molecule has 2 aromatic rings. The van der Waals surface area contributed by atoms with Gasteiger partial charge in [0, 0.05) is 23.8 Å². The van der Waals surface area contributed by atoms with Crippen LogP contribution >= 0.6 is 0 Å². The monoisotopic (exact) mass is 433 g/mol. The standard InChI is InChI=1S/C25H27N3O4/c1-3-16-10-7-11-17-21(16)26-24(32)25(17)19-18(20(27-25)14(2)29)22(30)28(23(19)31)13-12-15-8-5-4-6-9-15/h4-11,14,18-20,27,29H,3,12-13H2,1-2H3,(H,26,32)/t14-,18+,19-,20+,25+/m1/s1. The van der Waals surface area contributed by atoms with E-state index in [1.807, 2.05) is 55.5 Å². The first kappa shape index (κ1) is 20.8. The summed E-state index contributed by atoms with van der Waals surface area (Å²) in [7, 11) is 0. The average Bonchev–Trinajstić information content (AvgIpc) is 3.38. The maximum atomic E-state index is 13.7. The molecule has 0 aromatic heterocycles. The number of amides is 3. The highest BCUT2D eigenvalue weighted by Gasteiger charge is 2.71. The van der Waals surface area contributed by atoms with E-state index in [1.54, 1.807) is 6.92 Å². The molecule has 2 aromatic carbocycles. The minimum absolute atomic E-state index is 0.251. The summed E-state index contributed by atoms with van der Waals surface area (Å²) < 4.78 is 0. The van der Waals surface area contributed by atoms with Crippen LogP contribution in [0, 0.1) is 11.8 Å². The summed E-state index contributed by atoms with van der Waals surface area (Å²) in [4.78, 5) is 41.8.